The molecule has 5 aromatic heterocycles. The first-order valence-corrected chi connectivity index (χ1v) is 52.2. The van der Waals surface area contributed by atoms with Crippen molar-refractivity contribution in [3.05, 3.63) is 364 Å². The molecular weight excluding hydrogens is 2070 g/mol. The molecule has 16 aromatic rings. The first-order valence-electron chi connectivity index (χ1n) is 41.9. The van der Waals surface area contributed by atoms with E-state index >= 15 is 0 Å². The number of ether oxygens (including phenoxy) is 1. The molecule has 0 unspecified atom stereocenters. The first kappa shape index (κ1) is 110. The van der Waals surface area contributed by atoms with Crippen LogP contribution in [0.25, 0.3) is 84.7 Å². The Morgan fingerprint density at radius 2 is 0.644 bits per heavy atom. The summed E-state index contributed by atoms with van der Waals surface area (Å²) in [5.41, 5.74) is 0.590. The molecule has 0 saturated heterocycles. The number of anilines is 1. The van der Waals surface area contributed by atoms with Gasteiger partial charge in [0.05, 0.1) is 110 Å². The largest absolute Gasteiger partial charge is 0.488 e. The van der Waals surface area contributed by atoms with Crippen LogP contribution in [0.4, 0.5) is 77.2 Å². The molecule has 11 aromatic carbocycles. The first-order chi connectivity index (χ1) is 68.1. The maximum atomic E-state index is 13.1. The zero-order valence-electron chi connectivity index (χ0n) is 75.2. The minimum absolute atomic E-state index is 0.0270. The van der Waals surface area contributed by atoms with Crippen LogP contribution in [0.15, 0.2) is 337 Å². The van der Waals surface area contributed by atoms with E-state index in [0.29, 0.717) is 44.9 Å². The normalized spacial score (nSPS) is 12.8. The van der Waals surface area contributed by atoms with Crippen molar-refractivity contribution in [2.24, 2.45) is 15.4 Å². The molecule has 0 amide bonds. The lowest BCUT2D eigenvalue weighted by Gasteiger charge is -2.24. The van der Waals surface area contributed by atoms with Crippen LogP contribution in [-0.2, 0) is 84.5 Å². The Bertz CT molecular complexity index is 7830. The second-order valence-corrected chi connectivity index (χ2v) is 42.1. The van der Waals surface area contributed by atoms with E-state index in [1.165, 1.54) is 175 Å². The molecule has 0 aliphatic heterocycles. The molecule has 1 fully saturated rings. The lowest BCUT2D eigenvalue weighted by Crippen LogP contribution is -2.21. The van der Waals surface area contributed by atoms with E-state index in [1.807, 2.05) is 0 Å². The minimum atomic E-state index is -4.68. The van der Waals surface area contributed by atoms with E-state index < -0.39 is 135 Å². The molecule has 52 heteroatoms. The molecule has 0 radical (unpaired) electrons. The van der Waals surface area contributed by atoms with Crippen LogP contribution in [0.5, 0.6) is 5.75 Å². The molecule has 7 N–H and O–H groups in total. The van der Waals surface area contributed by atoms with Gasteiger partial charge in [0.25, 0.3) is 5.69 Å². The van der Waals surface area contributed by atoms with Crippen LogP contribution in [0.1, 0.15) is 54.9 Å². The number of non-ortho nitro benzene ring substituents is 1. The van der Waals surface area contributed by atoms with Gasteiger partial charge in [0.1, 0.15) is 23.7 Å². The summed E-state index contributed by atoms with van der Waals surface area (Å²) in [7, 11) is -21.9. The summed E-state index contributed by atoms with van der Waals surface area (Å²) in [5.74, 6) is -1.87. The number of nitrogens with one attached hydrogen (secondary N) is 1. The summed E-state index contributed by atoms with van der Waals surface area (Å²) in [4.78, 5) is 22.0. The lowest BCUT2D eigenvalue weighted by molar-refractivity contribution is -0.384. The fourth-order valence-electron chi connectivity index (χ4n) is 13.9. The average Bonchev–Trinajstić information content (AvgIpc) is 1.64. The number of halogens is 15. The number of oxazole rings is 1. The van der Waals surface area contributed by atoms with Crippen molar-refractivity contribution in [3.8, 4) is 90.5 Å². The number of rotatable bonds is 20. The van der Waals surface area contributed by atoms with Crippen molar-refractivity contribution < 1.29 is 130 Å². The highest BCUT2D eigenvalue weighted by molar-refractivity contribution is 7.92. The number of benzene rings is 11. The number of nitrogens with zero attached hydrogens (tertiary/aromatic N) is 10. The van der Waals surface area contributed by atoms with Crippen molar-refractivity contribution in [1.82, 2.24) is 43.7 Å². The number of nitro benzene ring substituents is 1. The monoisotopic (exact) mass is 2150 g/mol. The number of primary sulfonamides is 3. The Labute approximate surface area is 821 Å². The molecule has 5 heterocycles. The van der Waals surface area contributed by atoms with Crippen molar-refractivity contribution in [1.29, 1.82) is 0 Å². The van der Waals surface area contributed by atoms with Crippen LogP contribution in [0.3, 0.4) is 0 Å². The second-order valence-electron chi connectivity index (χ2n) is 31.6. The van der Waals surface area contributed by atoms with Gasteiger partial charge in [-0.15, -0.1) is 0 Å². The molecular formula is C94H77F15N14O17S6. The summed E-state index contributed by atoms with van der Waals surface area (Å²) in [6.07, 6.45) is -9.11. The third-order valence-electron chi connectivity index (χ3n) is 20.8. The van der Waals surface area contributed by atoms with Gasteiger partial charge < -0.3 is 9.15 Å². The van der Waals surface area contributed by atoms with Crippen LogP contribution in [-0.4, -0.2) is 124 Å². The molecule has 31 nitrogen and oxygen atoms in total. The molecule has 0 spiro atoms. The molecule has 0 atom stereocenters. The number of alkyl halides is 12. The number of nitrogens with two attached hydrogens (primary N) is 3. The van der Waals surface area contributed by atoms with Crippen LogP contribution < -0.4 is 30.6 Å². The Morgan fingerprint density at radius 3 is 0.959 bits per heavy atom. The quantitative estimate of drug-likeness (QED) is 0.0313. The fourth-order valence-corrected chi connectivity index (χ4v) is 17.3. The summed E-state index contributed by atoms with van der Waals surface area (Å²) >= 11 is 0. The topological polar surface area (TPSA) is 454 Å². The van der Waals surface area contributed by atoms with Crippen LogP contribution in [0.2, 0.25) is 0 Å². The van der Waals surface area contributed by atoms with Crippen molar-refractivity contribution in [2.45, 2.75) is 87.4 Å². The van der Waals surface area contributed by atoms with Gasteiger partial charge in [-0.25, -0.2) is 107 Å². The molecule has 1 aliphatic rings. The highest BCUT2D eigenvalue weighted by Crippen LogP contribution is 2.41. The number of hydrogen-bond acceptors (Lipinski definition) is 21. The van der Waals surface area contributed by atoms with Gasteiger partial charge in [0.2, 0.25) is 40.1 Å². The van der Waals surface area contributed by atoms with Gasteiger partial charge in [-0.2, -0.15) is 73.1 Å². The fraction of sp³-hybridized carbons (Fsp3) is 0.138. The van der Waals surface area contributed by atoms with Gasteiger partial charge in [-0.05, 0) is 238 Å². The molecule has 766 valence electrons. The van der Waals surface area contributed by atoms with E-state index in [4.69, 9.17) is 24.6 Å². The zero-order valence-corrected chi connectivity index (χ0v) is 80.1. The van der Waals surface area contributed by atoms with E-state index in [1.54, 1.807) is 72.8 Å². The van der Waals surface area contributed by atoms with Gasteiger partial charge in [0, 0.05) is 46.4 Å². The summed E-state index contributed by atoms with van der Waals surface area (Å²) in [6, 6.07) is 66.1. The Balaban J connectivity index is 0.000000156. The molecule has 1 saturated carbocycles. The number of sulfone groups is 2. The minimum Gasteiger partial charge on any atom is -0.488 e. The van der Waals surface area contributed by atoms with Crippen molar-refractivity contribution in [3.63, 3.8) is 0 Å². The molecule has 0 bridgehead atoms. The van der Waals surface area contributed by atoms with Gasteiger partial charge in [-0.1, -0.05) is 79.2 Å². The highest BCUT2D eigenvalue weighted by Gasteiger charge is 2.40. The SMILES string of the molecule is CS(=O)(=O)Nc1ccc([N+](=O)[O-])cc1OC1CCCCC1.CS(=O)(=O)c1ccc(-c2coc(=O)n2-c2ccc(F)cc2)cc1.CS(=O)(=O)c1ccc(-n2nc(C(F)(F)F)cc2-c2ccc(F)cc2)cc1.NS(=O)(=O)c1ccc(-c2cc(C(F)(F)F)nn2-c2ccccc2)cc1.NS(=O)(=O)c1ccc(-n2nc(C(F)(F)F)cc2-c2ccc(F)cc2)cc1.NS(=O)(=O)c1ccc(-n2nc(C(F)(F)F)cc2-c2ccccc2)cc1. The molecule has 1 aliphatic carbocycles. The third-order valence-corrected chi connectivity index (χ3v) is 26.5. The Kier molecular flexibility index (Phi) is 33.2. The highest BCUT2D eigenvalue weighted by atomic mass is 32.2. The Morgan fingerprint density at radius 1 is 0.363 bits per heavy atom. The number of aromatic nitrogens is 9. The van der Waals surface area contributed by atoms with Crippen molar-refractivity contribution in [2.75, 3.05) is 23.5 Å². The number of sulfonamides is 4. The third kappa shape index (κ3) is 28.9. The zero-order chi connectivity index (χ0) is 107. The number of hydrogen-bond donors (Lipinski definition) is 4. The van der Waals surface area contributed by atoms with Gasteiger partial charge in [0.15, 0.2) is 48.2 Å². The predicted octanol–water partition coefficient (Wildman–Crippen LogP) is 19.2. The smallest absolute Gasteiger partial charge is 0.435 e. The van der Waals surface area contributed by atoms with Crippen LogP contribution in [0, 0.1) is 27.6 Å². The van der Waals surface area contributed by atoms with E-state index in [9.17, 15) is 131 Å². The van der Waals surface area contributed by atoms with Gasteiger partial charge >= 0.3 is 30.5 Å². The van der Waals surface area contributed by atoms with Gasteiger partial charge in [-0.3, -0.25) is 14.8 Å². The predicted molar refractivity (Wildman–Crippen MR) is 505 cm³/mol. The standard InChI is InChI=1S/C17H12F4N2O2S.C16H11F4N3O2S.2C16H12F3N3O2S.C16H12FNO4S.C13H18N2O5S/c1-26(24,25)14-8-6-13(7-9-14)23-15(10-16(22-23)17(19,20)21)11-2-4-12(18)5-3-11;17-11-3-1-10(2-4-11)14-9-15(16(18,19)20)22-23(14)12-5-7-13(8-6-12)26(21,24)25;17-16(18,19)15-10-14(22(21-15)12-4-2-1-3-5-12)11-6-8-13(9-7-11)25(20,23)24;17-16(18,19)15-10-14(11-4-2-1-3-5-11)22(21-15)12-6-8-13(9-7-12)25(20,23)24;1-23(20,21)14-8-2-11(3-9-14)15-10-22-16(19)18(15)13-6-4-12(17)5-7-13;1-21(18,19)14-12-8-7-10(15(16)17)9-13(12)20-11-5-3-2-4-6-11/h2-10H,1H3;1-9H,(H2,21,24,25);2*1-10H,(H2,20,23,24);2-10H,1H3;7-9,11,14H,2-6H2,1H3. The maximum Gasteiger partial charge on any atom is 0.435 e. The number of para-hydroxylation sites is 1. The maximum absolute atomic E-state index is 13.1. The lowest BCUT2D eigenvalue weighted by atomic mass is 9.98. The van der Waals surface area contributed by atoms with E-state index in [-0.39, 0.29) is 87.5 Å². The molecule has 146 heavy (non-hydrogen) atoms. The average molecular weight is 2150 g/mol. The molecule has 17 rings (SSSR count). The summed E-state index contributed by atoms with van der Waals surface area (Å²) in [5, 5.41) is 40.4. The van der Waals surface area contributed by atoms with E-state index in [2.05, 4.69) is 25.1 Å². The second kappa shape index (κ2) is 44.2. The Hall–Kier alpha value is -15.2. The summed E-state index contributed by atoms with van der Waals surface area (Å²) < 4.78 is 351. The number of nitro groups is 1. The summed E-state index contributed by atoms with van der Waals surface area (Å²) in [6.45, 7) is 0. The van der Waals surface area contributed by atoms with E-state index in [0.717, 1.165) is 130 Å². The van der Waals surface area contributed by atoms with Crippen LogP contribution >= 0.6 is 0 Å². The van der Waals surface area contributed by atoms with Crippen molar-refractivity contribution >= 4 is 71.1 Å².